The predicted octanol–water partition coefficient (Wildman–Crippen LogP) is 1.64. The van der Waals surface area contributed by atoms with Crippen LogP contribution in [0.15, 0.2) is 30.6 Å². The lowest BCUT2D eigenvalue weighted by Gasteiger charge is -2.11. The third-order valence-electron chi connectivity index (χ3n) is 3.07. The molecule has 1 amide bonds. The van der Waals surface area contributed by atoms with Gasteiger partial charge in [0.2, 0.25) is 0 Å². The first-order valence-corrected chi connectivity index (χ1v) is 7.01. The van der Waals surface area contributed by atoms with E-state index in [1.54, 1.807) is 18.2 Å². The van der Waals surface area contributed by atoms with Gasteiger partial charge in [0.25, 0.3) is 5.91 Å². The zero-order valence-electron chi connectivity index (χ0n) is 12.4. The Hall–Kier alpha value is -2.50. The third-order valence-corrected chi connectivity index (χ3v) is 3.07. The number of hydrogen-bond donors (Lipinski definition) is 3. The summed E-state index contributed by atoms with van der Waals surface area (Å²) in [5.41, 5.74) is 9.05. The van der Waals surface area contributed by atoms with Gasteiger partial charge in [-0.3, -0.25) is 9.48 Å². The average molecular weight is 287 g/mol. The fourth-order valence-electron chi connectivity index (χ4n) is 2.01. The molecule has 0 aliphatic rings. The number of hydrogen-bond acceptors (Lipinski definition) is 4. The molecule has 2 rings (SSSR count). The van der Waals surface area contributed by atoms with Crippen molar-refractivity contribution >= 4 is 17.3 Å². The van der Waals surface area contributed by atoms with Crippen molar-refractivity contribution in [3.63, 3.8) is 0 Å². The number of carbonyl (C=O) groups excluding carboxylic acids is 1. The molecule has 0 bridgehead atoms. The summed E-state index contributed by atoms with van der Waals surface area (Å²) < 4.78 is 1.87. The number of benzene rings is 1. The highest BCUT2D eigenvalue weighted by atomic mass is 16.1. The minimum absolute atomic E-state index is 0.0942. The molecule has 2 aromatic rings. The Morgan fingerprint density at radius 2 is 2.24 bits per heavy atom. The Bertz CT molecular complexity index is 620. The van der Waals surface area contributed by atoms with Crippen LogP contribution in [0, 0.1) is 6.92 Å². The molecular weight excluding hydrogens is 266 g/mol. The van der Waals surface area contributed by atoms with Gasteiger partial charge in [-0.2, -0.15) is 5.10 Å². The molecule has 0 aliphatic carbocycles. The Morgan fingerprint density at radius 1 is 1.43 bits per heavy atom. The molecule has 6 nitrogen and oxygen atoms in total. The highest BCUT2D eigenvalue weighted by Gasteiger charge is 2.07. The number of rotatable bonds is 6. The van der Waals surface area contributed by atoms with Gasteiger partial charge in [-0.05, 0) is 37.6 Å². The maximum atomic E-state index is 11.8. The molecule has 4 N–H and O–H groups in total. The van der Waals surface area contributed by atoms with E-state index in [4.69, 9.17) is 5.73 Å². The molecule has 0 saturated carbocycles. The number of anilines is 2. The fraction of sp³-hybridized carbons (Fsp3) is 0.333. The molecule has 0 fully saturated rings. The lowest BCUT2D eigenvalue weighted by atomic mass is 10.1. The van der Waals surface area contributed by atoms with Gasteiger partial charge >= 0.3 is 0 Å². The molecule has 1 aromatic carbocycles. The maximum Gasteiger partial charge on any atom is 0.251 e. The van der Waals surface area contributed by atoms with Crippen molar-refractivity contribution < 1.29 is 4.79 Å². The molecule has 0 saturated heterocycles. The number of amides is 1. The van der Waals surface area contributed by atoms with Crippen LogP contribution in [0.3, 0.4) is 0 Å². The smallest absolute Gasteiger partial charge is 0.251 e. The monoisotopic (exact) mass is 287 g/mol. The first-order valence-electron chi connectivity index (χ1n) is 7.01. The van der Waals surface area contributed by atoms with Crippen molar-refractivity contribution in [2.45, 2.75) is 20.4 Å². The normalized spacial score (nSPS) is 10.4. The summed E-state index contributed by atoms with van der Waals surface area (Å²) in [5.74, 6) is -0.0942. The number of nitrogens with one attached hydrogen (secondary N) is 2. The third kappa shape index (κ3) is 3.98. The van der Waals surface area contributed by atoms with Gasteiger partial charge in [0, 0.05) is 24.8 Å². The number of nitrogen functional groups attached to an aromatic ring is 1. The first kappa shape index (κ1) is 14.9. The van der Waals surface area contributed by atoms with Gasteiger partial charge in [0.05, 0.1) is 24.1 Å². The molecule has 0 radical (unpaired) electrons. The summed E-state index contributed by atoms with van der Waals surface area (Å²) in [7, 11) is 0. The van der Waals surface area contributed by atoms with E-state index >= 15 is 0 Å². The summed E-state index contributed by atoms with van der Waals surface area (Å²) >= 11 is 0. The molecule has 0 atom stereocenters. The molecule has 112 valence electrons. The van der Waals surface area contributed by atoms with Gasteiger partial charge in [0.15, 0.2) is 0 Å². The highest BCUT2D eigenvalue weighted by Crippen LogP contribution is 2.19. The zero-order valence-corrected chi connectivity index (χ0v) is 12.4. The Kier molecular flexibility index (Phi) is 4.81. The standard InChI is InChI=1S/C15H21N5O/c1-3-17-15(21)12-4-5-13(16)14(8-12)18-6-7-20-10-11(2)9-19-20/h4-5,8-10,18H,3,6-7,16H2,1-2H3,(H,17,21). The van der Waals surface area contributed by atoms with E-state index < -0.39 is 0 Å². The minimum Gasteiger partial charge on any atom is -0.397 e. The maximum absolute atomic E-state index is 11.8. The molecular formula is C15H21N5O. The topological polar surface area (TPSA) is 85.0 Å². The number of nitrogens with two attached hydrogens (primary N) is 1. The van der Waals surface area contributed by atoms with Crippen molar-refractivity contribution in [3.8, 4) is 0 Å². The molecule has 1 heterocycles. The highest BCUT2D eigenvalue weighted by molar-refractivity contribution is 5.96. The number of aromatic nitrogens is 2. The van der Waals surface area contributed by atoms with E-state index in [0.717, 1.165) is 17.8 Å². The van der Waals surface area contributed by atoms with Crippen LogP contribution in [0.5, 0.6) is 0 Å². The second-order valence-corrected chi connectivity index (χ2v) is 4.87. The van der Waals surface area contributed by atoms with Crippen LogP contribution >= 0.6 is 0 Å². The van der Waals surface area contributed by atoms with E-state index in [1.165, 1.54) is 0 Å². The average Bonchev–Trinajstić information content (AvgIpc) is 2.87. The van der Waals surface area contributed by atoms with Crippen molar-refractivity contribution in [2.24, 2.45) is 0 Å². The minimum atomic E-state index is -0.0942. The molecule has 0 unspecified atom stereocenters. The lowest BCUT2D eigenvalue weighted by Crippen LogP contribution is -2.23. The van der Waals surface area contributed by atoms with Gasteiger partial charge in [-0.15, -0.1) is 0 Å². The summed E-state index contributed by atoms with van der Waals surface area (Å²) in [6.07, 6.45) is 3.81. The van der Waals surface area contributed by atoms with Crippen LogP contribution < -0.4 is 16.4 Å². The second kappa shape index (κ2) is 6.78. The molecule has 1 aromatic heterocycles. The molecule has 21 heavy (non-hydrogen) atoms. The summed E-state index contributed by atoms with van der Waals surface area (Å²) in [6.45, 7) is 5.92. The van der Waals surface area contributed by atoms with Crippen LogP contribution in [-0.4, -0.2) is 28.8 Å². The van der Waals surface area contributed by atoms with Crippen molar-refractivity contribution in [1.29, 1.82) is 0 Å². The number of nitrogens with zero attached hydrogens (tertiary/aromatic N) is 2. The van der Waals surface area contributed by atoms with Gasteiger partial charge in [0.1, 0.15) is 0 Å². The van der Waals surface area contributed by atoms with Crippen molar-refractivity contribution in [2.75, 3.05) is 24.1 Å². The van der Waals surface area contributed by atoms with E-state index in [0.29, 0.717) is 24.3 Å². The molecule has 0 spiro atoms. The number of carbonyl (C=O) groups is 1. The fourth-order valence-corrected chi connectivity index (χ4v) is 2.01. The zero-order chi connectivity index (χ0) is 15.2. The van der Waals surface area contributed by atoms with Crippen molar-refractivity contribution in [1.82, 2.24) is 15.1 Å². The van der Waals surface area contributed by atoms with Gasteiger partial charge in [-0.1, -0.05) is 0 Å². The van der Waals surface area contributed by atoms with Crippen molar-refractivity contribution in [3.05, 3.63) is 41.7 Å². The van der Waals surface area contributed by atoms with Crippen LogP contribution in [0.2, 0.25) is 0 Å². The van der Waals surface area contributed by atoms with E-state index in [1.807, 2.05) is 30.9 Å². The molecule has 0 aliphatic heterocycles. The van der Waals surface area contributed by atoms with Crippen LogP contribution in [0.1, 0.15) is 22.8 Å². The van der Waals surface area contributed by atoms with E-state index in [9.17, 15) is 4.79 Å². The Morgan fingerprint density at radius 3 is 2.90 bits per heavy atom. The van der Waals surface area contributed by atoms with Gasteiger partial charge in [-0.25, -0.2) is 0 Å². The summed E-state index contributed by atoms with van der Waals surface area (Å²) in [4.78, 5) is 11.8. The van der Waals surface area contributed by atoms with Gasteiger partial charge < -0.3 is 16.4 Å². The van der Waals surface area contributed by atoms with E-state index in [-0.39, 0.29) is 5.91 Å². The first-order chi connectivity index (χ1) is 10.1. The SMILES string of the molecule is CCNC(=O)c1ccc(N)c(NCCn2cc(C)cn2)c1. The lowest BCUT2D eigenvalue weighted by molar-refractivity contribution is 0.0956. The van der Waals surface area contributed by atoms with Crippen LogP contribution in [0.4, 0.5) is 11.4 Å². The van der Waals surface area contributed by atoms with E-state index in [2.05, 4.69) is 15.7 Å². The summed E-state index contributed by atoms with van der Waals surface area (Å²) in [5, 5.41) is 10.2. The summed E-state index contributed by atoms with van der Waals surface area (Å²) in [6, 6.07) is 5.24. The second-order valence-electron chi connectivity index (χ2n) is 4.87. The predicted molar refractivity (Wildman–Crippen MR) is 84.3 cm³/mol. The van der Waals surface area contributed by atoms with Crippen LogP contribution in [0.25, 0.3) is 0 Å². The molecule has 6 heteroatoms. The number of aryl methyl sites for hydroxylation is 1. The quantitative estimate of drug-likeness (QED) is 0.705. The van der Waals surface area contributed by atoms with Crippen LogP contribution in [-0.2, 0) is 6.54 Å². The Labute approximate surface area is 124 Å². The Balaban J connectivity index is 1.98. The largest absolute Gasteiger partial charge is 0.397 e.